The first kappa shape index (κ1) is 11.7. The second-order valence-electron chi connectivity index (χ2n) is 2.99. The highest BCUT2D eigenvalue weighted by molar-refractivity contribution is 7.86. The summed E-state index contributed by atoms with van der Waals surface area (Å²) in [4.78, 5) is 0. The molecular weight excluding hydrogens is 214 g/mol. The Balaban J connectivity index is 2.94. The largest absolute Gasteiger partial charge is 0.367 e. The molecule has 1 rings (SSSR count). The zero-order valence-electron chi connectivity index (χ0n) is 8.59. The summed E-state index contributed by atoms with van der Waals surface area (Å²) in [5.74, 6) is 0.00543. The SMILES string of the molecule is C=Cc1cccc[n+]1OS(=O)(=O)CCC. The van der Waals surface area contributed by atoms with Crippen molar-refractivity contribution in [1.29, 1.82) is 0 Å². The van der Waals surface area contributed by atoms with Gasteiger partial charge in [0.2, 0.25) is 6.20 Å². The molecule has 1 aromatic rings. The number of rotatable bonds is 5. The van der Waals surface area contributed by atoms with Crippen LogP contribution in [0.3, 0.4) is 0 Å². The van der Waals surface area contributed by atoms with Gasteiger partial charge in [0.1, 0.15) is 0 Å². The van der Waals surface area contributed by atoms with Crippen LogP contribution < -0.4 is 9.01 Å². The average molecular weight is 228 g/mol. The number of hydrogen-bond acceptors (Lipinski definition) is 3. The van der Waals surface area contributed by atoms with Crippen molar-refractivity contribution in [2.24, 2.45) is 0 Å². The van der Waals surface area contributed by atoms with Gasteiger partial charge >= 0.3 is 10.1 Å². The molecule has 0 N–H and O–H groups in total. The molecule has 0 aliphatic heterocycles. The molecule has 1 heterocycles. The smallest absolute Gasteiger partial charge is 0.181 e. The van der Waals surface area contributed by atoms with E-state index in [1.54, 1.807) is 25.1 Å². The molecule has 0 aliphatic carbocycles. The van der Waals surface area contributed by atoms with Crippen molar-refractivity contribution in [2.45, 2.75) is 13.3 Å². The molecule has 0 aliphatic rings. The van der Waals surface area contributed by atoms with Crippen LogP contribution in [0.25, 0.3) is 6.08 Å². The Kier molecular flexibility index (Phi) is 3.85. The van der Waals surface area contributed by atoms with E-state index in [9.17, 15) is 8.42 Å². The first-order valence-corrected chi connectivity index (χ1v) is 6.22. The summed E-state index contributed by atoms with van der Waals surface area (Å²) in [6.45, 7) is 5.35. The van der Waals surface area contributed by atoms with Crippen molar-refractivity contribution >= 4 is 16.2 Å². The minimum Gasteiger partial charge on any atom is -0.181 e. The molecular formula is C10H14NO3S+. The minimum atomic E-state index is -3.50. The van der Waals surface area contributed by atoms with Crippen LogP contribution in [0.5, 0.6) is 0 Å². The lowest BCUT2D eigenvalue weighted by Crippen LogP contribution is -2.48. The van der Waals surface area contributed by atoms with Crippen LogP contribution in [-0.4, -0.2) is 14.2 Å². The number of aromatic nitrogens is 1. The van der Waals surface area contributed by atoms with E-state index in [-0.39, 0.29) is 5.75 Å². The van der Waals surface area contributed by atoms with Gasteiger partial charge in [0.15, 0.2) is 0 Å². The minimum absolute atomic E-state index is 0.00543. The van der Waals surface area contributed by atoms with Crippen molar-refractivity contribution in [3.05, 3.63) is 36.7 Å². The number of nitrogens with zero attached hydrogens (tertiary/aromatic N) is 1. The zero-order valence-corrected chi connectivity index (χ0v) is 9.40. The fraction of sp³-hybridized carbons (Fsp3) is 0.300. The molecule has 0 aromatic carbocycles. The predicted octanol–water partition coefficient (Wildman–Crippen LogP) is 0.785. The summed E-state index contributed by atoms with van der Waals surface area (Å²) in [5.41, 5.74) is 0.595. The molecule has 0 bridgehead atoms. The van der Waals surface area contributed by atoms with Gasteiger partial charge in [0, 0.05) is 22.9 Å². The standard InChI is InChI=1S/C10H14NO3S/c1-3-9-15(12,13)14-11-8-6-5-7-10(11)4-2/h4-8H,2-3,9H2,1H3/q+1. The fourth-order valence-electron chi connectivity index (χ4n) is 1.08. The lowest BCUT2D eigenvalue weighted by Gasteiger charge is -1.99. The van der Waals surface area contributed by atoms with Crippen LogP contribution in [0, 0.1) is 0 Å². The molecule has 15 heavy (non-hydrogen) atoms. The van der Waals surface area contributed by atoms with Crippen molar-refractivity contribution in [3.63, 3.8) is 0 Å². The third kappa shape index (κ3) is 3.36. The third-order valence-electron chi connectivity index (χ3n) is 1.71. The van der Waals surface area contributed by atoms with Crippen molar-refractivity contribution in [2.75, 3.05) is 5.75 Å². The van der Waals surface area contributed by atoms with Crippen LogP contribution in [0.1, 0.15) is 19.0 Å². The Hall–Kier alpha value is -1.36. The number of hydrogen-bond donors (Lipinski definition) is 0. The van der Waals surface area contributed by atoms with Crippen LogP contribution in [0.2, 0.25) is 0 Å². The normalized spacial score (nSPS) is 11.0. The molecule has 0 spiro atoms. The van der Waals surface area contributed by atoms with E-state index < -0.39 is 10.1 Å². The van der Waals surface area contributed by atoms with Gasteiger partial charge in [-0.1, -0.05) is 13.5 Å². The molecule has 0 radical (unpaired) electrons. The second-order valence-corrected chi connectivity index (χ2v) is 4.66. The van der Waals surface area contributed by atoms with Gasteiger partial charge in [-0.25, -0.2) is 0 Å². The molecule has 0 unspecified atom stereocenters. The molecule has 5 heteroatoms. The molecule has 0 amide bonds. The zero-order chi connectivity index (χ0) is 11.3. The summed E-state index contributed by atoms with van der Waals surface area (Å²) >= 11 is 0. The van der Waals surface area contributed by atoms with Gasteiger partial charge in [0.25, 0.3) is 5.69 Å². The van der Waals surface area contributed by atoms with Crippen LogP contribution in [-0.2, 0) is 10.1 Å². The first-order valence-electron chi connectivity index (χ1n) is 4.65. The highest BCUT2D eigenvalue weighted by atomic mass is 32.2. The summed E-state index contributed by atoms with van der Waals surface area (Å²) in [7, 11) is -3.50. The lowest BCUT2D eigenvalue weighted by atomic mass is 10.3. The highest BCUT2D eigenvalue weighted by Crippen LogP contribution is 1.94. The molecule has 0 atom stereocenters. The van der Waals surface area contributed by atoms with Crippen molar-refractivity contribution in [1.82, 2.24) is 0 Å². The van der Waals surface area contributed by atoms with Crippen molar-refractivity contribution < 1.29 is 17.4 Å². The Bertz CT molecular complexity index is 440. The van der Waals surface area contributed by atoms with E-state index in [0.717, 1.165) is 0 Å². The van der Waals surface area contributed by atoms with E-state index in [1.807, 2.05) is 0 Å². The molecule has 0 saturated carbocycles. The van der Waals surface area contributed by atoms with Gasteiger partial charge < -0.3 is 0 Å². The Morgan fingerprint density at radius 3 is 2.87 bits per heavy atom. The lowest BCUT2D eigenvalue weighted by molar-refractivity contribution is -0.857. The predicted molar refractivity (Wildman–Crippen MR) is 57.4 cm³/mol. The van der Waals surface area contributed by atoms with Gasteiger partial charge in [0.05, 0.1) is 5.75 Å². The highest BCUT2D eigenvalue weighted by Gasteiger charge is 2.19. The van der Waals surface area contributed by atoms with E-state index in [1.165, 1.54) is 17.0 Å². The fourth-order valence-corrected chi connectivity index (χ4v) is 2.03. The maximum atomic E-state index is 11.4. The molecule has 4 nitrogen and oxygen atoms in total. The van der Waals surface area contributed by atoms with E-state index in [2.05, 4.69) is 6.58 Å². The summed E-state index contributed by atoms with van der Waals surface area (Å²) in [5, 5.41) is 0. The Labute approximate surface area is 89.9 Å². The Morgan fingerprint density at radius 2 is 2.27 bits per heavy atom. The molecule has 1 aromatic heterocycles. The summed E-state index contributed by atoms with van der Waals surface area (Å²) < 4.78 is 28.9. The van der Waals surface area contributed by atoms with E-state index in [0.29, 0.717) is 12.1 Å². The van der Waals surface area contributed by atoms with Gasteiger partial charge in [-0.15, -0.1) is 4.28 Å². The van der Waals surface area contributed by atoms with Gasteiger partial charge in [-0.05, 0) is 12.5 Å². The quantitative estimate of drug-likeness (QED) is 0.700. The molecule has 0 fully saturated rings. The van der Waals surface area contributed by atoms with Crippen LogP contribution in [0.4, 0.5) is 0 Å². The van der Waals surface area contributed by atoms with E-state index >= 15 is 0 Å². The van der Waals surface area contributed by atoms with Crippen LogP contribution >= 0.6 is 0 Å². The third-order valence-corrected chi connectivity index (χ3v) is 3.01. The first-order chi connectivity index (χ1) is 7.09. The molecule has 0 saturated heterocycles. The maximum Gasteiger partial charge on any atom is 0.367 e. The maximum absolute atomic E-state index is 11.4. The monoisotopic (exact) mass is 228 g/mol. The van der Waals surface area contributed by atoms with Gasteiger partial charge in [-0.3, -0.25) is 0 Å². The second kappa shape index (κ2) is 4.93. The van der Waals surface area contributed by atoms with Crippen molar-refractivity contribution in [3.8, 4) is 0 Å². The summed E-state index contributed by atoms with van der Waals surface area (Å²) in [6.07, 6.45) is 3.59. The number of pyridine rings is 1. The average Bonchev–Trinajstić information content (AvgIpc) is 2.17. The van der Waals surface area contributed by atoms with E-state index in [4.69, 9.17) is 4.28 Å². The summed E-state index contributed by atoms with van der Waals surface area (Å²) in [6, 6.07) is 5.19. The topological polar surface area (TPSA) is 47.2 Å². The van der Waals surface area contributed by atoms with Crippen LogP contribution in [0.15, 0.2) is 31.0 Å². The Morgan fingerprint density at radius 1 is 1.53 bits per heavy atom. The van der Waals surface area contributed by atoms with Gasteiger partial charge in [-0.2, -0.15) is 8.42 Å². The molecule has 82 valence electrons.